The molecule has 0 radical (unpaired) electrons. The van der Waals surface area contributed by atoms with E-state index >= 15 is 0 Å². The smallest absolute Gasteiger partial charge is 0.257 e. The van der Waals surface area contributed by atoms with Gasteiger partial charge in [-0.25, -0.2) is 0 Å². The van der Waals surface area contributed by atoms with E-state index < -0.39 is 0 Å². The van der Waals surface area contributed by atoms with Gasteiger partial charge in [-0.05, 0) is 61.6 Å². The van der Waals surface area contributed by atoms with E-state index in [2.05, 4.69) is 24.3 Å². The summed E-state index contributed by atoms with van der Waals surface area (Å²) in [6, 6.07) is 10.4. The van der Waals surface area contributed by atoms with Crippen LogP contribution in [0.25, 0.3) is 0 Å². The number of rotatable bonds is 3. The SMILES string of the molecule is Cc1cc(C(=O)N2CCC3(CC2)CC(CC(=O)N(C)C)c2ccccc23)c(C)o1. The molecule has 0 saturated carbocycles. The molecule has 154 valence electrons. The van der Waals surface area contributed by atoms with Gasteiger partial charge in [0.1, 0.15) is 11.5 Å². The lowest BCUT2D eigenvalue weighted by molar-refractivity contribution is -0.129. The highest BCUT2D eigenvalue weighted by molar-refractivity contribution is 5.95. The predicted octanol–water partition coefficient (Wildman–Crippen LogP) is 4.04. The normalized spacial score (nSPS) is 20.0. The first-order chi connectivity index (χ1) is 13.8. The highest BCUT2D eigenvalue weighted by Gasteiger charge is 2.46. The lowest BCUT2D eigenvalue weighted by Gasteiger charge is -2.40. The zero-order chi connectivity index (χ0) is 20.8. The fraction of sp³-hybridized carbons (Fsp3) is 0.500. The lowest BCUT2D eigenvalue weighted by atomic mass is 9.73. The molecule has 1 spiro atoms. The topological polar surface area (TPSA) is 53.8 Å². The van der Waals surface area contributed by atoms with Gasteiger partial charge in [0, 0.05) is 33.6 Å². The second kappa shape index (κ2) is 7.36. The average Bonchev–Trinajstić information content (AvgIpc) is 3.19. The number of furan rings is 1. The van der Waals surface area contributed by atoms with Gasteiger partial charge < -0.3 is 14.2 Å². The largest absolute Gasteiger partial charge is 0.466 e. The van der Waals surface area contributed by atoms with Gasteiger partial charge in [-0.15, -0.1) is 0 Å². The maximum absolute atomic E-state index is 13.0. The Labute approximate surface area is 172 Å². The standard InChI is InChI=1S/C24H30N2O3/c1-16-13-20(17(2)29-16)23(28)26-11-9-24(10-12-26)15-18(14-22(27)25(3)4)19-7-5-6-8-21(19)24/h5-8,13,18H,9-12,14-15H2,1-4H3. The number of carbonyl (C=O) groups is 2. The molecule has 4 rings (SSSR count). The van der Waals surface area contributed by atoms with E-state index in [0.29, 0.717) is 17.7 Å². The fourth-order valence-corrected chi connectivity index (χ4v) is 5.23. The molecule has 1 aromatic heterocycles. The Hall–Kier alpha value is -2.56. The number of nitrogens with zero attached hydrogens (tertiary/aromatic N) is 2. The molecule has 5 heteroatoms. The second-order valence-electron chi connectivity index (χ2n) is 8.88. The Morgan fingerprint density at radius 3 is 2.48 bits per heavy atom. The van der Waals surface area contributed by atoms with Crippen LogP contribution in [0.1, 0.15) is 64.6 Å². The monoisotopic (exact) mass is 394 g/mol. The van der Waals surface area contributed by atoms with Crippen molar-refractivity contribution in [2.75, 3.05) is 27.2 Å². The van der Waals surface area contributed by atoms with E-state index in [4.69, 9.17) is 4.42 Å². The van der Waals surface area contributed by atoms with Crippen molar-refractivity contribution in [2.24, 2.45) is 0 Å². The van der Waals surface area contributed by atoms with E-state index in [1.807, 2.05) is 38.9 Å². The molecular formula is C24H30N2O3. The minimum atomic E-state index is 0.0693. The maximum atomic E-state index is 13.0. The lowest BCUT2D eigenvalue weighted by Crippen LogP contribution is -2.44. The van der Waals surface area contributed by atoms with Crippen molar-refractivity contribution in [1.82, 2.24) is 9.80 Å². The summed E-state index contributed by atoms with van der Waals surface area (Å²) in [6.07, 6.45) is 3.44. The van der Waals surface area contributed by atoms with Crippen molar-refractivity contribution < 1.29 is 14.0 Å². The van der Waals surface area contributed by atoms with Crippen molar-refractivity contribution >= 4 is 11.8 Å². The quantitative estimate of drug-likeness (QED) is 0.790. The van der Waals surface area contributed by atoms with Crippen LogP contribution in [-0.2, 0) is 10.2 Å². The average molecular weight is 395 g/mol. The Morgan fingerprint density at radius 2 is 1.86 bits per heavy atom. The van der Waals surface area contributed by atoms with Crippen LogP contribution in [0.3, 0.4) is 0 Å². The third kappa shape index (κ3) is 3.47. The van der Waals surface area contributed by atoms with Crippen molar-refractivity contribution in [1.29, 1.82) is 0 Å². The van der Waals surface area contributed by atoms with Gasteiger partial charge in [-0.2, -0.15) is 0 Å². The summed E-state index contributed by atoms with van der Waals surface area (Å²) in [5, 5.41) is 0. The number of piperidine rings is 1. The summed E-state index contributed by atoms with van der Waals surface area (Å²) in [5.41, 5.74) is 3.47. The number of benzene rings is 1. The highest BCUT2D eigenvalue weighted by atomic mass is 16.3. The Balaban J connectivity index is 1.52. The summed E-state index contributed by atoms with van der Waals surface area (Å²) in [4.78, 5) is 29.0. The molecule has 1 atom stereocenters. The number of hydrogen-bond acceptors (Lipinski definition) is 3. The van der Waals surface area contributed by atoms with Gasteiger partial charge in [0.2, 0.25) is 5.91 Å². The van der Waals surface area contributed by atoms with E-state index in [-0.39, 0.29) is 23.1 Å². The van der Waals surface area contributed by atoms with Crippen molar-refractivity contribution in [3.63, 3.8) is 0 Å². The zero-order valence-electron chi connectivity index (χ0n) is 17.8. The number of hydrogen-bond donors (Lipinski definition) is 0. The number of amides is 2. The Bertz CT molecular complexity index is 935. The summed E-state index contributed by atoms with van der Waals surface area (Å²) in [7, 11) is 3.64. The first-order valence-electron chi connectivity index (χ1n) is 10.5. The molecule has 0 bridgehead atoms. The van der Waals surface area contributed by atoms with E-state index in [0.717, 1.165) is 38.1 Å². The molecule has 1 aliphatic heterocycles. The van der Waals surface area contributed by atoms with Gasteiger partial charge in [0.25, 0.3) is 5.91 Å². The molecule has 2 amide bonds. The maximum Gasteiger partial charge on any atom is 0.257 e. The predicted molar refractivity (Wildman–Crippen MR) is 112 cm³/mol. The van der Waals surface area contributed by atoms with Crippen LogP contribution < -0.4 is 0 Å². The molecular weight excluding hydrogens is 364 g/mol. The van der Waals surface area contributed by atoms with Crippen molar-refractivity contribution in [3.05, 3.63) is 58.5 Å². The van der Waals surface area contributed by atoms with E-state index in [1.54, 1.807) is 4.90 Å². The van der Waals surface area contributed by atoms with Crippen LogP contribution >= 0.6 is 0 Å². The summed E-state index contributed by atoms with van der Waals surface area (Å²) >= 11 is 0. The minimum absolute atomic E-state index is 0.0693. The molecule has 0 N–H and O–H groups in total. The number of aryl methyl sites for hydroxylation is 2. The molecule has 1 fully saturated rings. The molecule has 1 saturated heterocycles. The van der Waals surface area contributed by atoms with Crippen LogP contribution in [-0.4, -0.2) is 48.8 Å². The van der Waals surface area contributed by atoms with Crippen molar-refractivity contribution in [3.8, 4) is 0 Å². The number of carbonyl (C=O) groups excluding carboxylic acids is 2. The summed E-state index contributed by atoms with van der Waals surface area (Å²) < 4.78 is 5.55. The number of likely N-dealkylation sites (tertiary alicyclic amines) is 1. The molecule has 1 aliphatic carbocycles. The molecule has 2 aliphatic rings. The van der Waals surface area contributed by atoms with E-state index in [1.165, 1.54) is 11.1 Å². The van der Waals surface area contributed by atoms with Crippen LogP contribution in [0, 0.1) is 13.8 Å². The van der Waals surface area contributed by atoms with Gasteiger partial charge in [-0.3, -0.25) is 9.59 Å². The van der Waals surface area contributed by atoms with Crippen molar-refractivity contribution in [2.45, 2.75) is 50.9 Å². The van der Waals surface area contributed by atoms with Gasteiger partial charge in [0.15, 0.2) is 0 Å². The first kappa shape index (κ1) is 19.7. The first-order valence-corrected chi connectivity index (χ1v) is 10.5. The molecule has 5 nitrogen and oxygen atoms in total. The number of fused-ring (bicyclic) bond motifs is 2. The summed E-state index contributed by atoms with van der Waals surface area (Å²) in [6.45, 7) is 5.21. The van der Waals surface area contributed by atoms with Crippen LogP contribution in [0.2, 0.25) is 0 Å². The van der Waals surface area contributed by atoms with Crippen LogP contribution in [0.4, 0.5) is 0 Å². The highest BCUT2D eigenvalue weighted by Crippen LogP contribution is 2.52. The molecule has 1 unspecified atom stereocenters. The molecule has 2 aromatic rings. The van der Waals surface area contributed by atoms with Crippen LogP contribution in [0.15, 0.2) is 34.7 Å². The minimum Gasteiger partial charge on any atom is -0.466 e. The Morgan fingerprint density at radius 1 is 1.17 bits per heavy atom. The van der Waals surface area contributed by atoms with Gasteiger partial charge in [0.05, 0.1) is 5.56 Å². The van der Waals surface area contributed by atoms with Crippen LogP contribution in [0.5, 0.6) is 0 Å². The summed E-state index contributed by atoms with van der Waals surface area (Å²) in [5.74, 6) is 1.99. The third-order valence-corrected chi connectivity index (χ3v) is 6.81. The fourth-order valence-electron chi connectivity index (χ4n) is 5.23. The third-order valence-electron chi connectivity index (χ3n) is 6.81. The second-order valence-corrected chi connectivity index (χ2v) is 8.88. The van der Waals surface area contributed by atoms with Gasteiger partial charge in [-0.1, -0.05) is 24.3 Å². The van der Waals surface area contributed by atoms with Gasteiger partial charge >= 0.3 is 0 Å². The van der Waals surface area contributed by atoms with E-state index in [9.17, 15) is 9.59 Å². The molecule has 1 aromatic carbocycles. The molecule has 2 heterocycles. The molecule has 29 heavy (non-hydrogen) atoms. The zero-order valence-corrected chi connectivity index (χ0v) is 17.8. The Kier molecular flexibility index (Phi) is 5.01.